The number of fused-ring (bicyclic) bond motifs is 1. The standard InChI is InChI=1S/C28H30N2O/c1-29-26-16-8-6-15-24(26)25(20-30-18-10-3-11-19-30)27(29)21-31-28-17-9-7-14-23(28)22-12-4-2-5-13-22/h2,4-9,12-17H,3,10-11,18-21H2,1H3. The van der Waals surface area contributed by atoms with Crippen LogP contribution in [0.15, 0.2) is 78.9 Å². The van der Waals surface area contributed by atoms with Gasteiger partial charge in [-0.3, -0.25) is 4.90 Å². The molecule has 1 saturated heterocycles. The van der Waals surface area contributed by atoms with Gasteiger partial charge < -0.3 is 9.30 Å². The van der Waals surface area contributed by atoms with Crippen LogP contribution in [-0.2, 0) is 20.2 Å². The maximum atomic E-state index is 6.48. The van der Waals surface area contributed by atoms with Crippen molar-refractivity contribution in [1.29, 1.82) is 0 Å². The van der Waals surface area contributed by atoms with Crippen LogP contribution in [0.25, 0.3) is 22.0 Å². The van der Waals surface area contributed by atoms with Gasteiger partial charge in [0, 0.05) is 30.1 Å². The average Bonchev–Trinajstić information content (AvgIpc) is 3.10. The van der Waals surface area contributed by atoms with Gasteiger partial charge in [0.25, 0.3) is 0 Å². The molecule has 0 saturated carbocycles. The molecule has 2 heterocycles. The van der Waals surface area contributed by atoms with Gasteiger partial charge in [-0.25, -0.2) is 0 Å². The molecule has 1 aliphatic heterocycles. The predicted octanol–water partition coefficient (Wildman–Crippen LogP) is 6.41. The van der Waals surface area contributed by atoms with Crippen LogP contribution in [0.4, 0.5) is 0 Å². The molecule has 0 amide bonds. The Kier molecular flexibility index (Phi) is 5.77. The van der Waals surface area contributed by atoms with Crippen LogP contribution in [0.5, 0.6) is 5.75 Å². The predicted molar refractivity (Wildman–Crippen MR) is 128 cm³/mol. The quantitative estimate of drug-likeness (QED) is 0.365. The van der Waals surface area contributed by atoms with Gasteiger partial charge in [-0.05, 0) is 49.2 Å². The van der Waals surface area contributed by atoms with Crippen LogP contribution in [0.1, 0.15) is 30.5 Å². The van der Waals surface area contributed by atoms with Gasteiger partial charge in [-0.2, -0.15) is 0 Å². The monoisotopic (exact) mass is 410 g/mol. The Labute approximate surface area is 184 Å². The summed E-state index contributed by atoms with van der Waals surface area (Å²) in [5.74, 6) is 0.933. The lowest BCUT2D eigenvalue weighted by Crippen LogP contribution is -2.29. The topological polar surface area (TPSA) is 17.4 Å². The molecule has 5 rings (SSSR count). The minimum atomic E-state index is 0.568. The molecule has 31 heavy (non-hydrogen) atoms. The lowest BCUT2D eigenvalue weighted by Gasteiger charge is -2.27. The van der Waals surface area contributed by atoms with Crippen LogP contribution in [0, 0.1) is 0 Å². The first kappa shape index (κ1) is 19.9. The second-order valence-corrected chi connectivity index (χ2v) is 8.49. The molecule has 1 aromatic heterocycles. The second kappa shape index (κ2) is 8.99. The Morgan fingerprint density at radius 3 is 2.32 bits per heavy atom. The lowest BCUT2D eigenvalue weighted by atomic mass is 10.0. The smallest absolute Gasteiger partial charge is 0.129 e. The molecule has 1 aliphatic rings. The van der Waals surface area contributed by atoms with Crippen LogP contribution in [-0.4, -0.2) is 22.6 Å². The number of ether oxygens (including phenoxy) is 1. The molecular weight excluding hydrogens is 380 g/mol. The van der Waals surface area contributed by atoms with Crippen LogP contribution in [0.3, 0.4) is 0 Å². The molecule has 4 aromatic rings. The highest BCUT2D eigenvalue weighted by Crippen LogP contribution is 2.32. The van der Waals surface area contributed by atoms with Crippen LogP contribution in [0.2, 0.25) is 0 Å². The Hall–Kier alpha value is -3.04. The highest BCUT2D eigenvalue weighted by molar-refractivity contribution is 5.85. The molecule has 0 spiro atoms. The van der Waals surface area contributed by atoms with E-state index in [0.717, 1.165) is 17.9 Å². The fourth-order valence-corrected chi connectivity index (χ4v) is 4.82. The van der Waals surface area contributed by atoms with E-state index < -0.39 is 0 Å². The van der Waals surface area contributed by atoms with Gasteiger partial charge >= 0.3 is 0 Å². The number of rotatable bonds is 6. The largest absolute Gasteiger partial charge is 0.487 e. The molecule has 3 heteroatoms. The zero-order valence-electron chi connectivity index (χ0n) is 18.3. The highest BCUT2D eigenvalue weighted by Gasteiger charge is 2.19. The van der Waals surface area contributed by atoms with E-state index in [-0.39, 0.29) is 0 Å². The van der Waals surface area contributed by atoms with E-state index in [2.05, 4.69) is 95.4 Å². The number of hydrogen-bond acceptors (Lipinski definition) is 2. The van der Waals surface area contributed by atoms with E-state index in [4.69, 9.17) is 4.74 Å². The first-order valence-electron chi connectivity index (χ1n) is 11.4. The first-order valence-corrected chi connectivity index (χ1v) is 11.4. The molecule has 0 aliphatic carbocycles. The maximum absolute atomic E-state index is 6.48. The summed E-state index contributed by atoms with van der Waals surface area (Å²) in [5, 5.41) is 1.35. The summed E-state index contributed by atoms with van der Waals surface area (Å²) in [5.41, 5.74) is 6.29. The van der Waals surface area contributed by atoms with E-state index in [0.29, 0.717) is 6.61 Å². The maximum Gasteiger partial charge on any atom is 0.129 e. The average molecular weight is 411 g/mol. The second-order valence-electron chi connectivity index (χ2n) is 8.49. The van der Waals surface area contributed by atoms with Crippen molar-refractivity contribution in [2.24, 2.45) is 7.05 Å². The number of benzene rings is 3. The molecule has 0 atom stereocenters. The number of aryl methyl sites for hydroxylation is 1. The van der Waals surface area contributed by atoms with E-state index in [1.54, 1.807) is 0 Å². The van der Waals surface area contributed by atoms with Gasteiger partial charge in [0.05, 0.1) is 5.69 Å². The number of nitrogens with zero attached hydrogens (tertiary/aromatic N) is 2. The first-order chi connectivity index (χ1) is 15.3. The lowest BCUT2D eigenvalue weighted by molar-refractivity contribution is 0.218. The Morgan fingerprint density at radius 2 is 1.48 bits per heavy atom. The summed E-state index contributed by atoms with van der Waals surface area (Å²) in [6.45, 7) is 3.96. The molecule has 3 aromatic carbocycles. The van der Waals surface area contributed by atoms with Gasteiger partial charge in [0.1, 0.15) is 12.4 Å². The van der Waals surface area contributed by atoms with Gasteiger partial charge in [0.15, 0.2) is 0 Å². The normalized spacial score (nSPS) is 14.7. The van der Waals surface area contributed by atoms with Crippen molar-refractivity contribution >= 4 is 10.9 Å². The van der Waals surface area contributed by atoms with E-state index >= 15 is 0 Å². The van der Waals surface area contributed by atoms with E-state index in [9.17, 15) is 0 Å². The van der Waals surface area contributed by atoms with Gasteiger partial charge in [-0.15, -0.1) is 0 Å². The van der Waals surface area contributed by atoms with Crippen LogP contribution >= 0.6 is 0 Å². The van der Waals surface area contributed by atoms with Crippen molar-refractivity contribution in [3.8, 4) is 16.9 Å². The number of likely N-dealkylation sites (tertiary alicyclic amines) is 1. The molecule has 158 valence electrons. The fraction of sp³-hybridized carbons (Fsp3) is 0.286. The van der Waals surface area contributed by atoms with Crippen molar-refractivity contribution in [3.63, 3.8) is 0 Å². The van der Waals surface area contributed by atoms with E-state index in [1.165, 1.54) is 60.1 Å². The number of aromatic nitrogens is 1. The third kappa shape index (κ3) is 4.11. The van der Waals surface area contributed by atoms with Crippen molar-refractivity contribution in [3.05, 3.63) is 90.1 Å². The summed E-state index contributed by atoms with van der Waals surface area (Å²) in [7, 11) is 2.17. The molecule has 1 fully saturated rings. The molecule has 3 nitrogen and oxygen atoms in total. The summed E-state index contributed by atoms with van der Waals surface area (Å²) >= 11 is 0. The fourth-order valence-electron chi connectivity index (χ4n) is 4.82. The van der Waals surface area contributed by atoms with Crippen molar-refractivity contribution in [2.75, 3.05) is 13.1 Å². The molecule has 0 radical (unpaired) electrons. The van der Waals surface area contributed by atoms with E-state index in [1.807, 2.05) is 0 Å². The minimum Gasteiger partial charge on any atom is -0.487 e. The molecule has 0 N–H and O–H groups in total. The zero-order chi connectivity index (χ0) is 21.0. The third-order valence-corrected chi connectivity index (χ3v) is 6.51. The Balaban J connectivity index is 1.47. The van der Waals surface area contributed by atoms with Crippen molar-refractivity contribution < 1.29 is 4.74 Å². The summed E-state index contributed by atoms with van der Waals surface area (Å²) in [4.78, 5) is 2.60. The SMILES string of the molecule is Cn1c(COc2ccccc2-c2ccccc2)c(CN2CCCCC2)c2ccccc21. The number of hydrogen-bond donors (Lipinski definition) is 0. The van der Waals surface area contributed by atoms with Gasteiger partial charge in [0.2, 0.25) is 0 Å². The summed E-state index contributed by atoms with van der Waals surface area (Å²) in [6, 6.07) is 27.6. The van der Waals surface area contributed by atoms with Crippen LogP contribution < -0.4 is 4.74 Å². The molecule has 0 bridgehead atoms. The van der Waals surface area contributed by atoms with Crippen molar-refractivity contribution in [1.82, 2.24) is 9.47 Å². The van der Waals surface area contributed by atoms with Gasteiger partial charge in [-0.1, -0.05) is 73.2 Å². The zero-order valence-corrected chi connectivity index (χ0v) is 18.3. The Morgan fingerprint density at radius 1 is 0.774 bits per heavy atom. The number of para-hydroxylation sites is 2. The summed E-state index contributed by atoms with van der Waals surface area (Å²) < 4.78 is 8.80. The number of piperidine rings is 1. The summed E-state index contributed by atoms with van der Waals surface area (Å²) in [6.07, 6.45) is 3.97. The molecular formula is C28H30N2O. The van der Waals surface area contributed by atoms with Crippen molar-refractivity contribution in [2.45, 2.75) is 32.4 Å². The highest BCUT2D eigenvalue weighted by atomic mass is 16.5. The Bertz CT molecular complexity index is 1160. The minimum absolute atomic E-state index is 0.568. The molecule has 0 unspecified atom stereocenters. The third-order valence-electron chi connectivity index (χ3n) is 6.51.